The number of likely N-dealkylation sites (tertiary alicyclic amines) is 1. The maximum atomic E-state index is 13.0. The van der Waals surface area contributed by atoms with Gasteiger partial charge in [-0.2, -0.15) is 0 Å². The number of pyridine rings is 1. The molecule has 9 nitrogen and oxygen atoms in total. The fourth-order valence-corrected chi connectivity index (χ4v) is 8.03. The van der Waals surface area contributed by atoms with Crippen molar-refractivity contribution in [2.24, 2.45) is 5.92 Å². The van der Waals surface area contributed by atoms with Crippen LogP contribution in [0.2, 0.25) is 0 Å². The zero-order valence-electron chi connectivity index (χ0n) is 30.4. The van der Waals surface area contributed by atoms with E-state index in [-0.39, 0.29) is 24.0 Å². The molecular formula is C44H48N4O5. The van der Waals surface area contributed by atoms with E-state index in [1.807, 2.05) is 30.3 Å². The summed E-state index contributed by atoms with van der Waals surface area (Å²) < 4.78 is 6.21. The molecular weight excluding hydrogens is 665 g/mol. The number of allylic oxidation sites excluding steroid dienone is 1. The van der Waals surface area contributed by atoms with Gasteiger partial charge in [-0.25, -0.2) is 0 Å². The lowest BCUT2D eigenvalue weighted by atomic mass is 9.88. The second-order valence-corrected chi connectivity index (χ2v) is 14.4. The molecule has 0 bridgehead atoms. The van der Waals surface area contributed by atoms with Gasteiger partial charge in [0.2, 0.25) is 11.8 Å². The van der Waals surface area contributed by atoms with E-state index in [1.165, 1.54) is 24.0 Å². The van der Waals surface area contributed by atoms with Crippen LogP contribution in [0.15, 0.2) is 91.0 Å². The van der Waals surface area contributed by atoms with Crippen molar-refractivity contribution in [3.8, 4) is 11.5 Å². The van der Waals surface area contributed by atoms with Crippen LogP contribution < -0.4 is 10.1 Å². The smallest absolute Gasteiger partial charge is 0.256 e. The van der Waals surface area contributed by atoms with E-state index in [0.717, 1.165) is 79.2 Å². The molecule has 3 aliphatic heterocycles. The minimum Gasteiger partial charge on any atom is -0.508 e. The number of unbranched alkanes of at least 4 members (excludes halogenated alkanes) is 1. The summed E-state index contributed by atoms with van der Waals surface area (Å²) in [6.45, 7) is 6.23. The van der Waals surface area contributed by atoms with E-state index in [9.17, 15) is 19.5 Å². The SMILES string of the molecule is CCC(=C(c1ccc(O)cc1)c1ccc(OCCN2CCC(CCCCc3ccc4c(n3)CN(C3CCC(=O)NC3=O)C4=O)C2)cc1)c1ccccc1. The lowest BCUT2D eigenvalue weighted by Gasteiger charge is -2.29. The molecule has 9 heteroatoms. The van der Waals surface area contributed by atoms with Gasteiger partial charge in [-0.3, -0.25) is 29.6 Å². The number of rotatable bonds is 14. The van der Waals surface area contributed by atoms with Gasteiger partial charge in [0.25, 0.3) is 5.91 Å². The molecule has 4 aromatic rings. The van der Waals surface area contributed by atoms with Crippen LogP contribution in [0, 0.1) is 5.92 Å². The average Bonchev–Trinajstić information content (AvgIpc) is 3.76. The topological polar surface area (TPSA) is 112 Å². The first-order chi connectivity index (χ1) is 25.9. The second kappa shape index (κ2) is 16.6. The number of hydrogen-bond acceptors (Lipinski definition) is 7. The van der Waals surface area contributed by atoms with Gasteiger partial charge in [-0.1, -0.05) is 67.9 Å². The maximum Gasteiger partial charge on any atom is 0.256 e. The summed E-state index contributed by atoms with van der Waals surface area (Å²) in [5.74, 6) is 0.941. The van der Waals surface area contributed by atoms with Crippen LogP contribution in [-0.2, 0) is 22.6 Å². The van der Waals surface area contributed by atoms with Crippen LogP contribution in [0.25, 0.3) is 11.1 Å². The van der Waals surface area contributed by atoms with Crippen LogP contribution in [0.3, 0.4) is 0 Å². The molecule has 3 amide bonds. The number of piperidine rings is 1. The number of nitrogens with zero attached hydrogens (tertiary/aromatic N) is 3. The quantitative estimate of drug-likeness (QED) is 0.0821. The van der Waals surface area contributed by atoms with Crippen LogP contribution in [0.5, 0.6) is 11.5 Å². The fraction of sp³-hybridized carbons (Fsp3) is 0.364. The number of phenols is 1. The molecule has 2 fully saturated rings. The van der Waals surface area contributed by atoms with E-state index >= 15 is 0 Å². The average molecular weight is 713 g/mol. The van der Waals surface area contributed by atoms with E-state index in [1.54, 1.807) is 17.0 Å². The standard InChI is InChI=1S/C44H48N4O5/c1-2-37(31-9-4-3-5-10-31)42(32-12-17-35(49)18-13-32)33-14-19-36(20-15-33)53-27-26-47-25-24-30(28-47)8-6-7-11-34-16-21-38-39(45-34)29-48(44(38)52)40-22-23-41(50)46-43(40)51/h3-5,9-10,12-21,30,40,49H,2,6-8,11,22-29H2,1H3,(H,46,50,51). The highest BCUT2D eigenvalue weighted by atomic mass is 16.5. The lowest BCUT2D eigenvalue weighted by Crippen LogP contribution is -2.52. The molecule has 2 saturated heterocycles. The number of ether oxygens (including phenoxy) is 1. The van der Waals surface area contributed by atoms with Gasteiger partial charge in [0.1, 0.15) is 24.1 Å². The summed E-state index contributed by atoms with van der Waals surface area (Å²) in [7, 11) is 0. The Bertz CT molecular complexity index is 1960. The first kappa shape index (κ1) is 36.1. The van der Waals surface area contributed by atoms with Gasteiger partial charge in [0, 0.05) is 25.2 Å². The number of aromatic hydroxyl groups is 1. The Morgan fingerprint density at radius 2 is 1.64 bits per heavy atom. The molecule has 3 aromatic carbocycles. The highest BCUT2D eigenvalue weighted by Gasteiger charge is 2.39. The Morgan fingerprint density at radius 1 is 0.887 bits per heavy atom. The van der Waals surface area contributed by atoms with Crippen molar-refractivity contribution >= 4 is 28.9 Å². The molecule has 2 N–H and O–H groups in total. The number of imide groups is 1. The maximum absolute atomic E-state index is 13.0. The number of hydrogen-bond donors (Lipinski definition) is 2. The number of carbonyl (C=O) groups excluding carboxylic acids is 3. The molecule has 3 aliphatic rings. The molecule has 7 rings (SSSR count). The molecule has 1 aromatic heterocycles. The van der Waals surface area contributed by atoms with Gasteiger partial charge in [-0.05, 0) is 115 Å². The second-order valence-electron chi connectivity index (χ2n) is 14.4. The highest BCUT2D eigenvalue weighted by molar-refractivity contribution is 6.05. The van der Waals surface area contributed by atoms with Crippen molar-refractivity contribution in [2.75, 3.05) is 26.2 Å². The molecule has 0 aliphatic carbocycles. The summed E-state index contributed by atoms with van der Waals surface area (Å²) >= 11 is 0. The van der Waals surface area contributed by atoms with Crippen LogP contribution in [0.1, 0.15) is 90.3 Å². The molecule has 0 radical (unpaired) electrons. The zero-order chi connectivity index (χ0) is 36.7. The highest BCUT2D eigenvalue weighted by Crippen LogP contribution is 2.36. The van der Waals surface area contributed by atoms with Gasteiger partial charge in [-0.15, -0.1) is 0 Å². The molecule has 53 heavy (non-hydrogen) atoms. The predicted molar refractivity (Wildman–Crippen MR) is 205 cm³/mol. The summed E-state index contributed by atoms with van der Waals surface area (Å²) in [5, 5.41) is 12.3. The minimum atomic E-state index is -0.615. The zero-order valence-corrected chi connectivity index (χ0v) is 30.4. The normalized spacial score (nSPS) is 19.3. The van der Waals surface area contributed by atoms with E-state index in [4.69, 9.17) is 9.72 Å². The van der Waals surface area contributed by atoms with Crippen LogP contribution >= 0.6 is 0 Å². The largest absolute Gasteiger partial charge is 0.508 e. The third-order valence-corrected chi connectivity index (χ3v) is 10.8. The number of fused-ring (bicyclic) bond motifs is 1. The molecule has 2 atom stereocenters. The number of phenolic OH excluding ortho intramolecular Hbond substituents is 1. The number of nitrogens with one attached hydrogen (secondary N) is 1. The van der Waals surface area contributed by atoms with Crippen molar-refractivity contribution in [3.63, 3.8) is 0 Å². The number of carbonyl (C=O) groups is 3. The molecule has 0 spiro atoms. The Labute approximate surface area is 311 Å². The van der Waals surface area contributed by atoms with E-state index in [0.29, 0.717) is 31.1 Å². The predicted octanol–water partition coefficient (Wildman–Crippen LogP) is 7.03. The summed E-state index contributed by atoms with van der Waals surface area (Å²) in [4.78, 5) is 45.7. The number of aryl methyl sites for hydroxylation is 1. The van der Waals surface area contributed by atoms with Gasteiger partial charge >= 0.3 is 0 Å². The molecule has 2 unspecified atom stereocenters. The van der Waals surface area contributed by atoms with Gasteiger partial charge in [0.05, 0.1) is 17.8 Å². The number of amides is 3. The minimum absolute atomic E-state index is 0.180. The Kier molecular flexibility index (Phi) is 11.3. The van der Waals surface area contributed by atoms with Crippen molar-refractivity contribution in [3.05, 3.63) is 125 Å². The lowest BCUT2D eigenvalue weighted by molar-refractivity contribution is -0.136. The molecule has 0 saturated carbocycles. The first-order valence-corrected chi connectivity index (χ1v) is 19.0. The molecule has 4 heterocycles. The summed E-state index contributed by atoms with van der Waals surface area (Å²) in [6.07, 6.45) is 6.90. The third-order valence-electron chi connectivity index (χ3n) is 10.8. The summed E-state index contributed by atoms with van der Waals surface area (Å²) in [6, 6.07) is 29.5. The molecule has 274 valence electrons. The van der Waals surface area contributed by atoms with Crippen molar-refractivity contribution in [2.45, 2.75) is 70.9 Å². The third kappa shape index (κ3) is 8.52. The number of benzene rings is 3. The number of aromatic nitrogens is 1. The van der Waals surface area contributed by atoms with E-state index in [2.05, 4.69) is 65.7 Å². The van der Waals surface area contributed by atoms with Crippen molar-refractivity contribution < 1.29 is 24.2 Å². The van der Waals surface area contributed by atoms with Crippen molar-refractivity contribution in [1.29, 1.82) is 0 Å². The fourth-order valence-electron chi connectivity index (χ4n) is 8.03. The summed E-state index contributed by atoms with van der Waals surface area (Å²) in [5.41, 5.74) is 8.06. The van der Waals surface area contributed by atoms with Crippen LogP contribution in [0.4, 0.5) is 0 Å². The Balaban J connectivity index is 0.855. The monoisotopic (exact) mass is 712 g/mol. The van der Waals surface area contributed by atoms with E-state index < -0.39 is 11.9 Å². The Hall–Kier alpha value is -5.28. The van der Waals surface area contributed by atoms with Gasteiger partial charge in [0.15, 0.2) is 0 Å². The van der Waals surface area contributed by atoms with Crippen molar-refractivity contribution in [1.82, 2.24) is 20.1 Å². The Morgan fingerprint density at radius 3 is 2.38 bits per heavy atom. The van der Waals surface area contributed by atoms with Gasteiger partial charge < -0.3 is 14.7 Å². The van der Waals surface area contributed by atoms with Crippen LogP contribution in [-0.4, -0.2) is 69.9 Å². The first-order valence-electron chi connectivity index (χ1n) is 19.0.